The lowest BCUT2D eigenvalue weighted by molar-refractivity contribution is -0.140. The second-order valence-electron chi connectivity index (χ2n) is 4.49. The normalized spacial score (nSPS) is 10.4. The van der Waals surface area contributed by atoms with Crippen molar-refractivity contribution in [2.75, 3.05) is 0 Å². The van der Waals surface area contributed by atoms with Gasteiger partial charge in [-0.05, 0) is 34.9 Å². The molecule has 0 bridgehead atoms. The van der Waals surface area contributed by atoms with Crippen LogP contribution in [0.4, 0.5) is 0 Å². The Balaban J connectivity index is 2.23. The second kappa shape index (κ2) is 5.67. The van der Waals surface area contributed by atoms with E-state index in [1.807, 2.05) is 36.4 Å². The number of aliphatic hydroxyl groups is 1. The van der Waals surface area contributed by atoms with Gasteiger partial charge >= 0.3 is 5.97 Å². The van der Waals surface area contributed by atoms with Crippen LogP contribution in [-0.4, -0.2) is 11.1 Å². The van der Waals surface area contributed by atoms with Gasteiger partial charge in [-0.1, -0.05) is 36.9 Å². The molecule has 0 aliphatic carbocycles. The monoisotopic (exact) mass is 256 g/mol. The lowest BCUT2D eigenvalue weighted by atomic mass is 10.0. The Morgan fingerprint density at radius 2 is 2.11 bits per heavy atom. The first-order chi connectivity index (χ1) is 9.11. The summed E-state index contributed by atoms with van der Waals surface area (Å²) in [6.45, 7) is 5.40. The number of benzene rings is 2. The minimum absolute atomic E-state index is 0.0152. The predicted octanol–water partition coefficient (Wildman–Crippen LogP) is 2.95. The van der Waals surface area contributed by atoms with Crippen molar-refractivity contribution < 1.29 is 14.6 Å². The average Bonchev–Trinajstić information content (AvgIpc) is 2.43. The third-order valence-electron chi connectivity index (χ3n) is 2.92. The Bertz CT molecular complexity index is 629. The van der Waals surface area contributed by atoms with Gasteiger partial charge in [0.25, 0.3) is 0 Å². The molecule has 1 N–H and O–H groups in total. The number of carbonyl (C=O) groups is 1. The van der Waals surface area contributed by atoms with Gasteiger partial charge in [-0.15, -0.1) is 0 Å². The largest absolute Gasteiger partial charge is 0.457 e. The predicted molar refractivity (Wildman–Crippen MR) is 74.5 cm³/mol. The molecule has 0 saturated carbocycles. The summed E-state index contributed by atoms with van der Waals surface area (Å²) < 4.78 is 5.11. The van der Waals surface area contributed by atoms with Crippen LogP contribution >= 0.6 is 0 Å². The van der Waals surface area contributed by atoms with Crippen molar-refractivity contribution in [3.05, 3.63) is 59.7 Å². The molecule has 0 unspecified atom stereocenters. The highest BCUT2D eigenvalue weighted by Gasteiger charge is 2.05. The summed E-state index contributed by atoms with van der Waals surface area (Å²) >= 11 is 0. The standard InChI is InChI=1S/C16H16O3/c1-11(2)16(18)19-10-12-6-7-15-13(8-12)4-3-5-14(15)9-17/h3-8,17H,1,9-10H2,2H3. The van der Waals surface area contributed by atoms with Gasteiger partial charge in [0.05, 0.1) is 6.61 Å². The Morgan fingerprint density at radius 1 is 1.32 bits per heavy atom. The fraction of sp³-hybridized carbons (Fsp3) is 0.188. The van der Waals surface area contributed by atoms with E-state index in [9.17, 15) is 9.90 Å². The number of rotatable bonds is 4. The van der Waals surface area contributed by atoms with Crippen molar-refractivity contribution in [2.45, 2.75) is 20.1 Å². The number of carbonyl (C=O) groups excluding carboxylic acids is 1. The topological polar surface area (TPSA) is 46.5 Å². The smallest absolute Gasteiger partial charge is 0.333 e. The Kier molecular flexibility index (Phi) is 3.97. The zero-order valence-corrected chi connectivity index (χ0v) is 10.8. The van der Waals surface area contributed by atoms with Crippen LogP contribution < -0.4 is 0 Å². The van der Waals surface area contributed by atoms with Crippen LogP contribution in [0.15, 0.2) is 48.6 Å². The van der Waals surface area contributed by atoms with E-state index in [0.717, 1.165) is 21.9 Å². The first-order valence-corrected chi connectivity index (χ1v) is 6.06. The average molecular weight is 256 g/mol. The molecule has 0 saturated heterocycles. The molecule has 19 heavy (non-hydrogen) atoms. The zero-order valence-electron chi connectivity index (χ0n) is 10.8. The minimum Gasteiger partial charge on any atom is -0.457 e. The first-order valence-electron chi connectivity index (χ1n) is 6.06. The molecule has 0 fully saturated rings. The number of hydrogen-bond acceptors (Lipinski definition) is 3. The van der Waals surface area contributed by atoms with Crippen LogP contribution in [-0.2, 0) is 22.7 Å². The summed E-state index contributed by atoms with van der Waals surface area (Å²) in [6.07, 6.45) is 0. The van der Waals surface area contributed by atoms with E-state index in [2.05, 4.69) is 6.58 Å². The van der Waals surface area contributed by atoms with E-state index in [4.69, 9.17) is 4.74 Å². The van der Waals surface area contributed by atoms with Crippen molar-refractivity contribution in [2.24, 2.45) is 0 Å². The molecule has 2 aromatic carbocycles. The number of hydrogen-bond donors (Lipinski definition) is 1. The number of aliphatic hydroxyl groups excluding tert-OH is 1. The van der Waals surface area contributed by atoms with Gasteiger partial charge in [0.1, 0.15) is 6.61 Å². The lowest BCUT2D eigenvalue weighted by Crippen LogP contribution is -2.04. The summed E-state index contributed by atoms with van der Waals surface area (Å²) in [7, 11) is 0. The summed E-state index contributed by atoms with van der Waals surface area (Å²) in [5, 5.41) is 11.3. The molecule has 0 atom stereocenters. The highest BCUT2D eigenvalue weighted by Crippen LogP contribution is 2.21. The van der Waals surface area contributed by atoms with E-state index in [1.165, 1.54) is 0 Å². The van der Waals surface area contributed by atoms with Crippen molar-refractivity contribution in [1.29, 1.82) is 0 Å². The van der Waals surface area contributed by atoms with E-state index >= 15 is 0 Å². The van der Waals surface area contributed by atoms with Crippen LogP contribution in [0, 0.1) is 0 Å². The molecule has 0 spiro atoms. The van der Waals surface area contributed by atoms with E-state index < -0.39 is 0 Å². The number of ether oxygens (including phenoxy) is 1. The van der Waals surface area contributed by atoms with Gasteiger partial charge in [-0.25, -0.2) is 4.79 Å². The molecular weight excluding hydrogens is 240 g/mol. The molecular formula is C16H16O3. The Hall–Kier alpha value is -2.13. The van der Waals surface area contributed by atoms with Crippen LogP contribution in [0.25, 0.3) is 10.8 Å². The molecule has 0 aromatic heterocycles. The highest BCUT2D eigenvalue weighted by molar-refractivity contribution is 5.87. The summed E-state index contributed by atoms with van der Waals surface area (Å²) in [5.41, 5.74) is 2.20. The molecule has 0 aliphatic rings. The van der Waals surface area contributed by atoms with Crippen LogP contribution in [0.5, 0.6) is 0 Å². The minimum atomic E-state index is -0.385. The van der Waals surface area contributed by atoms with E-state index in [-0.39, 0.29) is 19.2 Å². The molecule has 3 heteroatoms. The van der Waals surface area contributed by atoms with Crippen molar-refractivity contribution >= 4 is 16.7 Å². The fourth-order valence-corrected chi connectivity index (χ4v) is 1.90. The Morgan fingerprint density at radius 3 is 2.79 bits per heavy atom. The van der Waals surface area contributed by atoms with Gasteiger partial charge in [-0.2, -0.15) is 0 Å². The van der Waals surface area contributed by atoms with Crippen LogP contribution in [0.2, 0.25) is 0 Å². The van der Waals surface area contributed by atoms with Gasteiger partial charge in [0.15, 0.2) is 0 Å². The highest BCUT2D eigenvalue weighted by atomic mass is 16.5. The van der Waals surface area contributed by atoms with E-state index in [0.29, 0.717) is 5.57 Å². The van der Waals surface area contributed by atoms with Crippen molar-refractivity contribution in [3.8, 4) is 0 Å². The molecule has 98 valence electrons. The summed E-state index contributed by atoms with van der Waals surface area (Å²) in [4.78, 5) is 11.3. The van der Waals surface area contributed by atoms with E-state index in [1.54, 1.807) is 6.92 Å². The van der Waals surface area contributed by atoms with Gasteiger partial charge < -0.3 is 9.84 Å². The summed E-state index contributed by atoms with van der Waals surface area (Å²) in [6, 6.07) is 11.6. The molecule has 0 radical (unpaired) electrons. The van der Waals surface area contributed by atoms with Gasteiger partial charge in [0.2, 0.25) is 0 Å². The maximum Gasteiger partial charge on any atom is 0.333 e. The molecule has 0 heterocycles. The number of esters is 1. The van der Waals surface area contributed by atoms with Gasteiger partial charge in [-0.3, -0.25) is 0 Å². The maximum atomic E-state index is 11.3. The quantitative estimate of drug-likeness (QED) is 0.675. The zero-order chi connectivity index (χ0) is 13.8. The molecule has 0 aliphatic heterocycles. The fourth-order valence-electron chi connectivity index (χ4n) is 1.90. The van der Waals surface area contributed by atoms with Crippen LogP contribution in [0.3, 0.4) is 0 Å². The van der Waals surface area contributed by atoms with Crippen molar-refractivity contribution in [3.63, 3.8) is 0 Å². The number of fused-ring (bicyclic) bond motifs is 1. The second-order valence-corrected chi connectivity index (χ2v) is 4.49. The molecule has 2 aromatic rings. The first kappa shape index (κ1) is 13.3. The lowest BCUT2D eigenvalue weighted by Gasteiger charge is -2.08. The molecule has 3 nitrogen and oxygen atoms in total. The van der Waals surface area contributed by atoms with Gasteiger partial charge in [0, 0.05) is 5.57 Å². The Labute approximate surface area is 112 Å². The third-order valence-corrected chi connectivity index (χ3v) is 2.92. The van der Waals surface area contributed by atoms with Crippen molar-refractivity contribution in [1.82, 2.24) is 0 Å². The summed E-state index contributed by atoms with van der Waals surface area (Å²) in [5.74, 6) is -0.385. The van der Waals surface area contributed by atoms with Crippen LogP contribution in [0.1, 0.15) is 18.1 Å². The third kappa shape index (κ3) is 3.01. The molecule has 0 amide bonds. The SMILES string of the molecule is C=C(C)C(=O)OCc1ccc2c(CO)cccc2c1. The molecule has 2 rings (SSSR count). The maximum absolute atomic E-state index is 11.3.